The Morgan fingerprint density at radius 3 is 2.81 bits per heavy atom. The van der Waals surface area contributed by atoms with Gasteiger partial charge in [0.2, 0.25) is 0 Å². The van der Waals surface area contributed by atoms with Gasteiger partial charge < -0.3 is 5.32 Å². The van der Waals surface area contributed by atoms with Gasteiger partial charge in [-0.15, -0.1) is 23.1 Å². The molecule has 4 nitrogen and oxygen atoms in total. The van der Waals surface area contributed by atoms with E-state index in [1.807, 2.05) is 24.3 Å². The van der Waals surface area contributed by atoms with Crippen molar-refractivity contribution in [2.24, 2.45) is 0 Å². The van der Waals surface area contributed by atoms with E-state index in [4.69, 9.17) is 0 Å². The Morgan fingerprint density at radius 2 is 2.08 bits per heavy atom. The number of carbonyl (C=O) groups excluding carboxylic acids is 1. The zero-order chi connectivity index (χ0) is 18.4. The number of rotatable bonds is 8. The van der Waals surface area contributed by atoms with Crippen molar-refractivity contribution in [3.05, 3.63) is 52.2 Å². The number of hydrogen-bond acceptors (Lipinski definition) is 6. The van der Waals surface area contributed by atoms with Gasteiger partial charge in [-0.25, -0.2) is 8.42 Å². The summed E-state index contributed by atoms with van der Waals surface area (Å²) >= 11 is 5.06. The largest absolute Gasteiger partial charge is 0.351 e. The van der Waals surface area contributed by atoms with Crippen molar-refractivity contribution in [2.45, 2.75) is 22.3 Å². The molecule has 1 aromatic heterocycles. The van der Waals surface area contributed by atoms with E-state index in [1.165, 1.54) is 16.6 Å². The summed E-state index contributed by atoms with van der Waals surface area (Å²) in [5, 5.41) is 5.08. The fraction of sp³-hybridized carbons (Fsp3) is 0.389. The van der Waals surface area contributed by atoms with Crippen molar-refractivity contribution in [1.82, 2.24) is 5.32 Å². The summed E-state index contributed by atoms with van der Waals surface area (Å²) < 4.78 is 23.3. The molecular weight excluding hydrogens is 406 g/mol. The van der Waals surface area contributed by atoms with Crippen molar-refractivity contribution in [2.75, 3.05) is 23.8 Å². The van der Waals surface area contributed by atoms with Crippen LogP contribution in [0.1, 0.15) is 21.7 Å². The summed E-state index contributed by atoms with van der Waals surface area (Å²) in [4.78, 5) is 14.7. The molecule has 3 rings (SSSR count). The van der Waals surface area contributed by atoms with Crippen LogP contribution in [0.15, 0.2) is 46.7 Å². The Hall–Kier alpha value is -0.960. The van der Waals surface area contributed by atoms with Crippen LogP contribution in [0.25, 0.3) is 0 Å². The highest BCUT2D eigenvalue weighted by molar-refractivity contribution is 8.02. The molecule has 0 radical (unpaired) electrons. The number of sulfone groups is 1. The van der Waals surface area contributed by atoms with Crippen LogP contribution in [-0.2, 0) is 15.6 Å². The first kappa shape index (κ1) is 19.8. The van der Waals surface area contributed by atoms with E-state index in [9.17, 15) is 13.2 Å². The Morgan fingerprint density at radius 1 is 1.23 bits per heavy atom. The minimum Gasteiger partial charge on any atom is -0.351 e. The molecular formula is C18H21NO3S4. The molecule has 1 N–H and O–H groups in total. The lowest BCUT2D eigenvalue weighted by Crippen LogP contribution is -2.26. The van der Waals surface area contributed by atoms with Gasteiger partial charge in [0, 0.05) is 33.1 Å². The number of hydrogen-bond donors (Lipinski definition) is 1. The molecule has 0 aliphatic carbocycles. The molecule has 1 atom stereocenters. The van der Waals surface area contributed by atoms with E-state index in [-0.39, 0.29) is 22.7 Å². The fourth-order valence-electron chi connectivity index (χ4n) is 2.69. The molecule has 0 saturated carbocycles. The summed E-state index contributed by atoms with van der Waals surface area (Å²) in [5.74, 6) is 2.19. The fourth-order valence-corrected chi connectivity index (χ4v) is 8.02. The lowest BCUT2D eigenvalue weighted by Gasteiger charge is -2.12. The second-order valence-electron chi connectivity index (χ2n) is 6.03. The minimum absolute atomic E-state index is 0.0373. The molecule has 1 aliphatic rings. The summed E-state index contributed by atoms with van der Waals surface area (Å²) in [5.41, 5.74) is 0.630. The number of benzene rings is 1. The Labute approximate surface area is 167 Å². The molecule has 1 aromatic carbocycles. The molecule has 1 fully saturated rings. The summed E-state index contributed by atoms with van der Waals surface area (Å²) in [6, 6.07) is 11.6. The summed E-state index contributed by atoms with van der Waals surface area (Å²) in [6.07, 6.45) is 0.655. The molecule has 1 aliphatic heterocycles. The van der Waals surface area contributed by atoms with Crippen molar-refractivity contribution >= 4 is 50.6 Å². The zero-order valence-corrected chi connectivity index (χ0v) is 17.5. The lowest BCUT2D eigenvalue weighted by molar-refractivity contribution is 0.0953. The highest BCUT2D eigenvalue weighted by atomic mass is 32.2. The summed E-state index contributed by atoms with van der Waals surface area (Å²) in [6.45, 7) is 0.617. The molecule has 0 bridgehead atoms. The van der Waals surface area contributed by atoms with Gasteiger partial charge >= 0.3 is 0 Å². The third-order valence-electron chi connectivity index (χ3n) is 3.97. The van der Waals surface area contributed by atoms with Crippen molar-refractivity contribution in [3.63, 3.8) is 0 Å². The maximum absolute atomic E-state index is 12.5. The predicted molar refractivity (Wildman–Crippen MR) is 112 cm³/mol. The third kappa shape index (κ3) is 5.77. The minimum atomic E-state index is -2.91. The average Bonchev–Trinajstić information content (AvgIpc) is 3.24. The second-order valence-corrected chi connectivity index (χ2v) is 11.7. The Kier molecular flexibility index (Phi) is 7.08. The van der Waals surface area contributed by atoms with Crippen LogP contribution in [0.5, 0.6) is 0 Å². The average molecular weight is 428 g/mol. The lowest BCUT2D eigenvalue weighted by atomic mass is 10.2. The molecule has 8 heteroatoms. The van der Waals surface area contributed by atoms with Crippen molar-refractivity contribution in [3.8, 4) is 0 Å². The molecule has 2 aromatic rings. The highest BCUT2D eigenvalue weighted by Crippen LogP contribution is 2.33. The van der Waals surface area contributed by atoms with Crippen LogP contribution >= 0.6 is 34.9 Å². The first-order valence-electron chi connectivity index (χ1n) is 8.38. The van der Waals surface area contributed by atoms with Crippen molar-refractivity contribution in [1.29, 1.82) is 0 Å². The van der Waals surface area contributed by atoms with Crippen LogP contribution in [0, 0.1) is 0 Å². The van der Waals surface area contributed by atoms with Gasteiger partial charge in [-0.2, -0.15) is 11.8 Å². The van der Waals surface area contributed by atoms with Crippen LogP contribution in [0.4, 0.5) is 0 Å². The van der Waals surface area contributed by atoms with Crippen LogP contribution in [0.2, 0.25) is 0 Å². The first-order valence-corrected chi connectivity index (χ1v) is 13.1. The molecule has 1 amide bonds. The monoisotopic (exact) mass is 427 g/mol. The predicted octanol–water partition coefficient (Wildman–Crippen LogP) is 3.69. The van der Waals surface area contributed by atoms with Gasteiger partial charge in [-0.1, -0.05) is 18.2 Å². The number of nitrogens with one attached hydrogen (secondary N) is 1. The molecule has 1 saturated heterocycles. The van der Waals surface area contributed by atoms with E-state index in [0.717, 1.165) is 16.4 Å². The van der Waals surface area contributed by atoms with Crippen molar-refractivity contribution < 1.29 is 13.2 Å². The molecule has 2 heterocycles. The van der Waals surface area contributed by atoms with Gasteiger partial charge in [0.15, 0.2) is 9.84 Å². The molecule has 0 spiro atoms. The van der Waals surface area contributed by atoms with Crippen LogP contribution in [-0.4, -0.2) is 43.4 Å². The number of amides is 1. The van der Waals surface area contributed by atoms with E-state index >= 15 is 0 Å². The maximum atomic E-state index is 12.5. The van der Waals surface area contributed by atoms with Gasteiger partial charge in [0.05, 0.1) is 17.1 Å². The number of carbonyl (C=O) groups is 1. The van der Waals surface area contributed by atoms with Gasteiger partial charge in [-0.3, -0.25) is 4.79 Å². The molecule has 140 valence electrons. The van der Waals surface area contributed by atoms with Crippen LogP contribution < -0.4 is 5.32 Å². The third-order valence-corrected chi connectivity index (χ3v) is 9.36. The highest BCUT2D eigenvalue weighted by Gasteiger charge is 2.29. The standard InChI is InChI=1S/C18H21NO3S4/c20-18(19-8-10-23-12-14-4-3-9-24-14)16-5-1-2-6-17(16)25-15-7-11-26(21,22)13-15/h1-6,9,15H,7-8,10-13H2,(H,19,20)/t15-/m1/s1. The zero-order valence-electron chi connectivity index (χ0n) is 14.2. The first-order chi connectivity index (χ1) is 12.5. The van der Waals surface area contributed by atoms with Gasteiger partial charge in [0.1, 0.15) is 0 Å². The quantitative estimate of drug-likeness (QED) is 0.651. The Bertz CT molecular complexity index is 834. The SMILES string of the molecule is O=C(NCCSCc1cccs1)c1ccccc1S[C@@H]1CCS(=O)(=O)C1. The molecule has 0 unspecified atom stereocenters. The molecule has 26 heavy (non-hydrogen) atoms. The summed E-state index contributed by atoms with van der Waals surface area (Å²) in [7, 11) is -2.91. The van der Waals surface area contributed by atoms with Gasteiger partial charge in [-0.05, 0) is 30.0 Å². The topological polar surface area (TPSA) is 63.2 Å². The Balaban J connectivity index is 1.49. The van der Waals surface area contributed by atoms with E-state index in [2.05, 4.69) is 16.8 Å². The van der Waals surface area contributed by atoms with Crippen LogP contribution in [0.3, 0.4) is 0 Å². The normalized spacial score (nSPS) is 18.7. The second kappa shape index (κ2) is 9.30. The number of thiophene rings is 1. The maximum Gasteiger partial charge on any atom is 0.252 e. The van der Waals surface area contributed by atoms with E-state index in [1.54, 1.807) is 29.2 Å². The smallest absolute Gasteiger partial charge is 0.252 e. The number of thioether (sulfide) groups is 2. The van der Waals surface area contributed by atoms with E-state index in [0.29, 0.717) is 18.5 Å². The van der Waals surface area contributed by atoms with Gasteiger partial charge in [0.25, 0.3) is 5.91 Å². The van der Waals surface area contributed by atoms with E-state index < -0.39 is 9.84 Å².